The largest absolute Gasteiger partial charge is 0.508 e. The summed E-state index contributed by atoms with van der Waals surface area (Å²) >= 11 is 0. The first-order valence-electron chi connectivity index (χ1n) is 9.55. The minimum Gasteiger partial charge on any atom is -0.508 e. The van der Waals surface area contributed by atoms with Gasteiger partial charge < -0.3 is 14.6 Å². The molecular weight excluding hydrogens is 362 g/mol. The van der Waals surface area contributed by atoms with Gasteiger partial charge in [-0.3, -0.25) is 0 Å². The molecule has 0 spiro atoms. The van der Waals surface area contributed by atoms with E-state index < -0.39 is 0 Å². The summed E-state index contributed by atoms with van der Waals surface area (Å²) in [6, 6.07) is 24.8. The Hall–Kier alpha value is -3.79. The van der Waals surface area contributed by atoms with Crippen molar-refractivity contribution in [1.29, 1.82) is 0 Å². The number of aromatic nitrogens is 1. The van der Waals surface area contributed by atoms with Crippen molar-refractivity contribution in [2.24, 2.45) is 0 Å². The third-order valence-electron chi connectivity index (χ3n) is 5.19. The number of phenolic OH excluding ortho intramolecular Hbond substituents is 2. The maximum absolute atomic E-state index is 10.4. The second kappa shape index (κ2) is 6.99. The average Bonchev–Trinajstić information content (AvgIpc) is 3.15. The minimum absolute atomic E-state index is 0.148. The van der Waals surface area contributed by atoms with E-state index in [1.807, 2.05) is 60.7 Å². The van der Waals surface area contributed by atoms with Crippen LogP contribution in [-0.4, -0.2) is 15.2 Å². The molecular formula is C25H19NO3. The lowest BCUT2D eigenvalue weighted by Gasteiger charge is -2.06. The molecule has 0 saturated carbocycles. The Kier molecular flexibility index (Phi) is 4.17. The molecule has 0 radical (unpaired) electrons. The Labute approximate surface area is 167 Å². The van der Waals surface area contributed by atoms with Crippen LogP contribution in [-0.2, 0) is 12.8 Å². The lowest BCUT2D eigenvalue weighted by molar-refractivity contribution is 0.473. The highest BCUT2D eigenvalue weighted by molar-refractivity contribution is 5.95. The first-order chi connectivity index (χ1) is 14.2. The Morgan fingerprint density at radius 1 is 0.724 bits per heavy atom. The van der Waals surface area contributed by atoms with Gasteiger partial charge in [-0.2, -0.15) is 0 Å². The molecule has 0 aliphatic carbocycles. The van der Waals surface area contributed by atoms with Crippen LogP contribution in [0.2, 0.25) is 0 Å². The zero-order chi connectivity index (χ0) is 19.8. The maximum atomic E-state index is 10.4. The third-order valence-corrected chi connectivity index (χ3v) is 5.19. The van der Waals surface area contributed by atoms with Gasteiger partial charge in [-0.05, 0) is 71.1 Å². The van der Waals surface area contributed by atoms with E-state index in [0.717, 1.165) is 40.3 Å². The molecule has 0 fully saturated rings. The molecule has 0 saturated heterocycles. The summed E-state index contributed by atoms with van der Waals surface area (Å²) in [6.45, 7) is 0. The summed E-state index contributed by atoms with van der Waals surface area (Å²) in [5.41, 5.74) is 4.29. The van der Waals surface area contributed by atoms with E-state index in [-0.39, 0.29) is 11.5 Å². The number of hydrogen-bond acceptors (Lipinski definition) is 4. The van der Waals surface area contributed by atoms with Gasteiger partial charge in [0, 0.05) is 0 Å². The number of aromatic hydroxyl groups is 2. The zero-order valence-electron chi connectivity index (χ0n) is 15.7. The summed E-state index contributed by atoms with van der Waals surface area (Å²) in [7, 11) is 0. The second-order valence-electron chi connectivity index (χ2n) is 7.20. The van der Waals surface area contributed by atoms with Crippen LogP contribution in [0.4, 0.5) is 0 Å². The lowest BCUT2D eigenvalue weighted by Crippen LogP contribution is -1.92. The van der Waals surface area contributed by atoms with Crippen LogP contribution >= 0.6 is 0 Å². The maximum Gasteiger partial charge on any atom is 0.231 e. The van der Waals surface area contributed by atoms with Crippen LogP contribution in [0.25, 0.3) is 33.3 Å². The van der Waals surface area contributed by atoms with Crippen molar-refractivity contribution in [1.82, 2.24) is 4.98 Å². The van der Waals surface area contributed by atoms with Crippen molar-refractivity contribution in [3.63, 3.8) is 0 Å². The van der Waals surface area contributed by atoms with Crippen molar-refractivity contribution in [3.8, 4) is 23.0 Å². The Balaban J connectivity index is 1.47. The van der Waals surface area contributed by atoms with E-state index >= 15 is 0 Å². The molecule has 1 heterocycles. The molecule has 0 amide bonds. The van der Waals surface area contributed by atoms with Crippen molar-refractivity contribution >= 4 is 21.9 Å². The molecule has 29 heavy (non-hydrogen) atoms. The lowest BCUT2D eigenvalue weighted by atomic mass is 10.0. The number of hydrogen-bond donors (Lipinski definition) is 2. The molecule has 0 aliphatic rings. The monoisotopic (exact) mass is 381 g/mol. The molecule has 4 aromatic carbocycles. The number of benzene rings is 4. The smallest absolute Gasteiger partial charge is 0.231 e. The summed E-state index contributed by atoms with van der Waals surface area (Å²) in [5.74, 6) is 0.832. The van der Waals surface area contributed by atoms with Crippen LogP contribution < -0.4 is 0 Å². The van der Waals surface area contributed by atoms with Crippen LogP contribution in [0.5, 0.6) is 11.5 Å². The molecule has 0 atom stereocenters. The fourth-order valence-electron chi connectivity index (χ4n) is 3.59. The number of fused-ring (bicyclic) bond motifs is 2. The molecule has 4 nitrogen and oxygen atoms in total. The Morgan fingerprint density at radius 2 is 1.41 bits per heavy atom. The van der Waals surface area contributed by atoms with Gasteiger partial charge in [-0.1, -0.05) is 42.5 Å². The van der Waals surface area contributed by atoms with Gasteiger partial charge in [0.25, 0.3) is 0 Å². The van der Waals surface area contributed by atoms with Gasteiger partial charge in [0.1, 0.15) is 17.0 Å². The van der Waals surface area contributed by atoms with Crippen LogP contribution in [0.1, 0.15) is 11.1 Å². The summed E-state index contributed by atoms with van der Waals surface area (Å²) < 4.78 is 5.98. The van der Waals surface area contributed by atoms with E-state index in [1.54, 1.807) is 18.2 Å². The molecule has 5 rings (SSSR count). The minimum atomic E-state index is 0.148. The van der Waals surface area contributed by atoms with Gasteiger partial charge in [-0.15, -0.1) is 0 Å². The fraction of sp³-hybridized carbons (Fsp3) is 0.0800. The van der Waals surface area contributed by atoms with E-state index in [1.165, 1.54) is 0 Å². The van der Waals surface area contributed by atoms with Crippen molar-refractivity contribution in [2.75, 3.05) is 0 Å². The van der Waals surface area contributed by atoms with Crippen molar-refractivity contribution < 1.29 is 14.6 Å². The van der Waals surface area contributed by atoms with E-state index in [4.69, 9.17) is 4.42 Å². The highest BCUT2D eigenvalue weighted by Gasteiger charge is 2.14. The average molecular weight is 381 g/mol. The Morgan fingerprint density at radius 3 is 2.21 bits per heavy atom. The fourth-order valence-corrected chi connectivity index (χ4v) is 3.59. The highest BCUT2D eigenvalue weighted by Crippen LogP contribution is 2.33. The molecule has 2 N–H and O–H groups in total. The topological polar surface area (TPSA) is 66.5 Å². The number of nitrogens with zero attached hydrogens (tertiary/aromatic N) is 1. The third kappa shape index (κ3) is 3.41. The molecule has 4 heteroatoms. The molecule has 0 unspecified atom stereocenters. The van der Waals surface area contributed by atoms with E-state index in [2.05, 4.69) is 4.98 Å². The summed E-state index contributed by atoms with van der Waals surface area (Å²) in [5, 5.41) is 22.0. The van der Waals surface area contributed by atoms with Crippen LogP contribution in [0.3, 0.4) is 0 Å². The van der Waals surface area contributed by atoms with Gasteiger partial charge in [-0.25, -0.2) is 4.98 Å². The van der Waals surface area contributed by atoms with Crippen molar-refractivity contribution in [2.45, 2.75) is 12.8 Å². The summed E-state index contributed by atoms with van der Waals surface area (Å²) in [4.78, 5) is 4.61. The second-order valence-corrected chi connectivity index (χ2v) is 7.20. The molecule has 0 bridgehead atoms. The molecule has 5 aromatic rings. The predicted octanol–water partition coefficient (Wildman–Crippen LogP) is 5.84. The van der Waals surface area contributed by atoms with Gasteiger partial charge >= 0.3 is 0 Å². The number of aryl methyl sites for hydroxylation is 2. The number of oxazole rings is 1. The predicted molar refractivity (Wildman–Crippen MR) is 114 cm³/mol. The standard InChI is InChI=1S/C25H19NO3/c27-20-10-7-16(8-11-20)5-6-17-9-12-23(28)21(13-17)25-26-22-14-18-3-1-2-4-19(18)15-24(22)29-25/h1-4,7-15,27-28H,5-6H2. The first kappa shape index (κ1) is 17.3. The first-order valence-corrected chi connectivity index (χ1v) is 9.55. The van der Waals surface area contributed by atoms with Gasteiger partial charge in [0.05, 0.1) is 5.56 Å². The van der Waals surface area contributed by atoms with Gasteiger partial charge in [0.2, 0.25) is 5.89 Å². The Bertz CT molecular complexity index is 1270. The zero-order valence-corrected chi connectivity index (χ0v) is 15.7. The van der Waals surface area contributed by atoms with E-state index in [9.17, 15) is 10.2 Å². The van der Waals surface area contributed by atoms with Crippen LogP contribution in [0.15, 0.2) is 83.3 Å². The molecule has 142 valence electrons. The number of rotatable bonds is 4. The quantitative estimate of drug-likeness (QED) is 0.410. The normalized spacial score (nSPS) is 11.3. The SMILES string of the molecule is Oc1ccc(CCc2ccc(O)c(-c3nc4cc5ccccc5cc4o3)c2)cc1. The van der Waals surface area contributed by atoms with Gasteiger partial charge in [0.15, 0.2) is 5.58 Å². The number of phenols is 2. The van der Waals surface area contributed by atoms with Crippen molar-refractivity contribution in [3.05, 3.63) is 90.0 Å². The van der Waals surface area contributed by atoms with E-state index in [0.29, 0.717) is 17.0 Å². The highest BCUT2D eigenvalue weighted by atomic mass is 16.3. The molecule has 1 aromatic heterocycles. The summed E-state index contributed by atoms with van der Waals surface area (Å²) in [6.07, 6.45) is 1.64. The molecule has 0 aliphatic heterocycles. The van der Waals surface area contributed by atoms with Crippen LogP contribution in [0, 0.1) is 0 Å².